The molecule has 0 fully saturated rings. The van der Waals surface area contributed by atoms with Gasteiger partial charge in [0.05, 0.1) is 25.1 Å². The van der Waals surface area contributed by atoms with Gasteiger partial charge in [-0.05, 0) is 20.8 Å². The standard InChI is InChI=1S/C11H19N3O2/c1-4-13-10-7-12-8-11(14-10)16-6-5-15-9(2)3/h7-9H,4-6H2,1-3H3,(H,13,14). The van der Waals surface area contributed by atoms with Crippen LogP contribution in [0.25, 0.3) is 0 Å². The van der Waals surface area contributed by atoms with Crippen molar-refractivity contribution in [2.75, 3.05) is 25.1 Å². The van der Waals surface area contributed by atoms with E-state index in [0.717, 1.165) is 12.4 Å². The first-order valence-corrected chi connectivity index (χ1v) is 5.52. The lowest BCUT2D eigenvalue weighted by molar-refractivity contribution is 0.0542. The number of hydrogen-bond acceptors (Lipinski definition) is 5. The molecule has 5 heteroatoms. The third-order valence-electron chi connectivity index (χ3n) is 1.75. The second-order valence-electron chi connectivity index (χ2n) is 3.54. The predicted octanol–water partition coefficient (Wildman–Crippen LogP) is 1.71. The maximum Gasteiger partial charge on any atom is 0.234 e. The van der Waals surface area contributed by atoms with Gasteiger partial charge in [0.15, 0.2) is 0 Å². The molecule has 0 aliphatic carbocycles. The molecule has 1 heterocycles. The van der Waals surface area contributed by atoms with Crippen LogP contribution in [0, 0.1) is 0 Å². The SMILES string of the molecule is CCNc1cncc(OCCOC(C)C)n1. The van der Waals surface area contributed by atoms with Crippen LogP contribution in [0.5, 0.6) is 5.88 Å². The Bertz CT molecular complexity index is 305. The molecular formula is C11H19N3O2. The molecule has 0 amide bonds. The van der Waals surface area contributed by atoms with E-state index in [1.54, 1.807) is 12.4 Å². The van der Waals surface area contributed by atoms with E-state index in [1.807, 2.05) is 20.8 Å². The number of hydrogen-bond donors (Lipinski definition) is 1. The van der Waals surface area contributed by atoms with Crippen molar-refractivity contribution in [2.24, 2.45) is 0 Å². The number of aromatic nitrogens is 2. The van der Waals surface area contributed by atoms with Crippen molar-refractivity contribution in [2.45, 2.75) is 26.9 Å². The molecule has 0 atom stereocenters. The van der Waals surface area contributed by atoms with Gasteiger partial charge < -0.3 is 14.8 Å². The Kier molecular flexibility index (Phi) is 5.56. The van der Waals surface area contributed by atoms with Crippen molar-refractivity contribution in [3.63, 3.8) is 0 Å². The first-order valence-electron chi connectivity index (χ1n) is 5.52. The molecule has 0 aliphatic rings. The Morgan fingerprint density at radius 2 is 2.12 bits per heavy atom. The second-order valence-corrected chi connectivity index (χ2v) is 3.54. The summed E-state index contributed by atoms with van der Waals surface area (Å²) in [6.07, 6.45) is 3.49. The van der Waals surface area contributed by atoms with Crippen molar-refractivity contribution in [3.05, 3.63) is 12.4 Å². The minimum atomic E-state index is 0.225. The van der Waals surface area contributed by atoms with Gasteiger partial charge in [-0.15, -0.1) is 0 Å². The van der Waals surface area contributed by atoms with Crippen molar-refractivity contribution in [1.82, 2.24) is 9.97 Å². The van der Waals surface area contributed by atoms with E-state index in [4.69, 9.17) is 9.47 Å². The third-order valence-corrected chi connectivity index (χ3v) is 1.75. The van der Waals surface area contributed by atoms with Crippen LogP contribution in [-0.2, 0) is 4.74 Å². The van der Waals surface area contributed by atoms with E-state index in [9.17, 15) is 0 Å². The maximum atomic E-state index is 5.40. The topological polar surface area (TPSA) is 56.3 Å². The predicted molar refractivity (Wildman–Crippen MR) is 62.8 cm³/mol. The molecule has 0 aromatic carbocycles. The van der Waals surface area contributed by atoms with E-state index in [-0.39, 0.29) is 6.10 Å². The zero-order valence-electron chi connectivity index (χ0n) is 10.1. The van der Waals surface area contributed by atoms with Gasteiger partial charge in [0.2, 0.25) is 5.88 Å². The Morgan fingerprint density at radius 1 is 1.31 bits per heavy atom. The maximum absolute atomic E-state index is 5.40. The summed E-state index contributed by atoms with van der Waals surface area (Å²) in [5, 5.41) is 3.07. The zero-order chi connectivity index (χ0) is 11.8. The molecule has 0 bridgehead atoms. The van der Waals surface area contributed by atoms with Crippen LogP contribution in [0.2, 0.25) is 0 Å². The quantitative estimate of drug-likeness (QED) is 0.716. The molecule has 0 radical (unpaired) electrons. The molecule has 0 spiro atoms. The number of anilines is 1. The molecule has 90 valence electrons. The highest BCUT2D eigenvalue weighted by Gasteiger charge is 1.99. The molecular weight excluding hydrogens is 206 g/mol. The van der Waals surface area contributed by atoms with Gasteiger partial charge in [-0.25, -0.2) is 0 Å². The highest BCUT2D eigenvalue weighted by molar-refractivity contribution is 5.32. The van der Waals surface area contributed by atoms with Gasteiger partial charge >= 0.3 is 0 Å². The van der Waals surface area contributed by atoms with Crippen LogP contribution < -0.4 is 10.1 Å². The fourth-order valence-corrected chi connectivity index (χ4v) is 1.11. The molecule has 0 unspecified atom stereocenters. The minimum Gasteiger partial charge on any atom is -0.474 e. The molecule has 0 aliphatic heterocycles. The normalized spacial score (nSPS) is 10.5. The molecule has 1 rings (SSSR count). The van der Waals surface area contributed by atoms with E-state index in [0.29, 0.717) is 19.1 Å². The van der Waals surface area contributed by atoms with Gasteiger partial charge in [0.25, 0.3) is 0 Å². The first-order chi connectivity index (χ1) is 7.72. The lowest BCUT2D eigenvalue weighted by Gasteiger charge is -2.09. The third kappa shape index (κ3) is 4.93. The zero-order valence-corrected chi connectivity index (χ0v) is 10.1. The highest BCUT2D eigenvalue weighted by atomic mass is 16.5. The van der Waals surface area contributed by atoms with Gasteiger partial charge in [-0.1, -0.05) is 0 Å². The number of nitrogens with zero attached hydrogens (tertiary/aromatic N) is 2. The average Bonchev–Trinajstić information content (AvgIpc) is 2.25. The summed E-state index contributed by atoms with van der Waals surface area (Å²) in [7, 11) is 0. The van der Waals surface area contributed by atoms with Gasteiger partial charge in [-0.2, -0.15) is 4.98 Å². The fourth-order valence-electron chi connectivity index (χ4n) is 1.11. The minimum absolute atomic E-state index is 0.225. The van der Waals surface area contributed by atoms with E-state index in [2.05, 4.69) is 15.3 Å². The lowest BCUT2D eigenvalue weighted by Crippen LogP contribution is -2.12. The van der Waals surface area contributed by atoms with Crippen LogP contribution in [0.4, 0.5) is 5.82 Å². The smallest absolute Gasteiger partial charge is 0.234 e. The summed E-state index contributed by atoms with van der Waals surface area (Å²) in [6, 6.07) is 0. The molecule has 1 N–H and O–H groups in total. The number of rotatable bonds is 7. The van der Waals surface area contributed by atoms with Crippen LogP contribution >= 0.6 is 0 Å². The Balaban J connectivity index is 2.33. The van der Waals surface area contributed by atoms with Crippen LogP contribution in [0.15, 0.2) is 12.4 Å². The number of nitrogens with one attached hydrogen (secondary N) is 1. The van der Waals surface area contributed by atoms with Crippen molar-refractivity contribution < 1.29 is 9.47 Å². The van der Waals surface area contributed by atoms with Gasteiger partial charge in [0.1, 0.15) is 12.4 Å². The average molecular weight is 225 g/mol. The molecule has 16 heavy (non-hydrogen) atoms. The largest absolute Gasteiger partial charge is 0.474 e. The summed E-state index contributed by atoms with van der Waals surface area (Å²) in [5.74, 6) is 1.25. The monoisotopic (exact) mass is 225 g/mol. The fraction of sp³-hybridized carbons (Fsp3) is 0.636. The molecule has 1 aromatic rings. The lowest BCUT2D eigenvalue weighted by atomic mass is 10.5. The summed E-state index contributed by atoms with van der Waals surface area (Å²) in [5.41, 5.74) is 0. The van der Waals surface area contributed by atoms with Crippen molar-refractivity contribution in [1.29, 1.82) is 0 Å². The van der Waals surface area contributed by atoms with Crippen LogP contribution in [0.3, 0.4) is 0 Å². The summed E-state index contributed by atoms with van der Waals surface area (Å²) in [4.78, 5) is 8.25. The van der Waals surface area contributed by atoms with Gasteiger partial charge in [-0.3, -0.25) is 4.98 Å². The van der Waals surface area contributed by atoms with Crippen molar-refractivity contribution >= 4 is 5.82 Å². The molecule has 1 aromatic heterocycles. The second kappa shape index (κ2) is 7.00. The molecule has 0 saturated heterocycles. The number of ether oxygens (including phenoxy) is 2. The first kappa shape index (κ1) is 12.7. The molecule has 5 nitrogen and oxygen atoms in total. The van der Waals surface area contributed by atoms with Gasteiger partial charge in [0, 0.05) is 6.54 Å². The summed E-state index contributed by atoms with van der Waals surface area (Å²) in [6.45, 7) is 7.85. The van der Waals surface area contributed by atoms with Crippen LogP contribution in [0.1, 0.15) is 20.8 Å². The highest BCUT2D eigenvalue weighted by Crippen LogP contribution is 2.08. The van der Waals surface area contributed by atoms with Crippen molar-refractivity contribution in [3.8, 4) is 5.88 Å². The Morgan fingerprint density at radius 3 is 2.81 bits per heavy atom. The van der Waals surface area contributed by atoms with E-state index in [1.165, 1.54) is 0 Å². The Hall–Kier alpha value is -1.36. The van der Waals surface area contributed by atoms with E-state index < -0.39 is 0 Å². The van der Waals surface area contributed by atoms with Crippen LogP contribution in [-0.4, -0.2) is 35.8 Å². The summed E-state index contributed by atoms with van der Waals surface area (Å²) >= 11 is 0. The van der Waals surface area contributed by atoms with E-state index >= 15 is 0 Å². The molecule has 0 saturated carbocycles. The Labute approximate surface area is 96.2 Å². The summed E-state index contributed by atoms with van der Waals surface area (Å²) < 4.78 is 10.8.